The molecule has 2 aromatic rings. The van der Waals surface area contributed by atoms with Crippen molar-refractivity contribution in [2.45, 2.75) is 13.5 Å². The van der Waals surface area contributed by atoms with Crippen LogP contribution in [0, 0.1) is 12.7 Å². The molecule has 1 aromatic carbocycles. The van der Waals surface area contributed by atoms with Gasteiger partial charge in [0.15, 0.2) is 0 Å². The molecule has 1 heterocycles. The highest BCUT2D eigenvalue weighted by Crippen LogP contribution is 2.13. The molecule has 0 radical (unpaired) electrons. The van der Waals surface area contributed by atoms with Crippen LogP contribution in [0.1, 0.15) is 21.9 Å². The number of furan rings is 1. The Labute approximate surface area is 119 Å². The average Bonchev–Trinajstić information content (AvgIpc) is 2.90. The maximum Gasteiger partial charge on any atom is 0.371 e. The number of carboxylic acids is 1. The lowest BCUT2D eigenvalue weighted by atomic mass is 10.2. The van der Waals surface area contributed by atoms with E-state index in [1.54, 1.807) is 6.92 Å². The Hall–Kier alpha value is -2.83. The van der Waals surface area contributed by atoms with E-state index in [-0.39, 0.29) is 18.1 Å². The molecule has 0 atom stereocenters. The first-order valence-electron chi connectivity index (χ1n) is 6.08. The van der Waals surface area contributed by atoms with Crippen LogP contribution < -0.4 is 10.6 Å². The summed E-state index contributed by atoms with van der Waals surface area (Å²) in [7, 11) is 0. The fourth-order valence-electron chi connectivity index (χ4n) is 1.65. The molecular formula is C14H13FN2O4. The van der Waals surface area contributed by atoms with E-state index in [2.05, 4.69) is 10.6 Å². The molecule has 3 N–H and O–H groups in total. The maximum absolute atomic E-state index is 13.1. The Morgan fingerprint density at radius 1 is 1.29 bits per heavy atom. The standard InChI is InChI=1S/C14H13FN2O4/c1-8-6-9(2-4-11(8)15)17-14(20)16-7-10-3-5-12(21-10)13(18)19/h2-6H,7H2,1H3,(H,18,19)(H2,16,17,20). The van der Waals surface area contributed by atoms with E-state index >= 15 is 0 Å². The molecule has 7 heteroatoms. The minimum Gasteiger partial charge on any atom is -0.475 e. The lowest BCUT2D eigenvalue weighted by Crippen LogP contribution is -2.28. The van der Waals surface area contributed by atoms with E-state index in [0.717, 1.165) is 0 Å². The van der Waals surface area contributed by atoms with Crippen molar-refractivity contribution in [3.8, 4) is 0 Å². The van der Waals surface area contributed by atoms with Gasteiger partial charge in [-0.25, -0.2) is 14.0 Å². The largest absolute Gasteiger partial charge is 0.475 e. The van der Waals surface area contributed by atoms with Gasteiger partial charge in [0.1, 0.15) is 11.6 Å². The number of benzene rings is 1. The van der Waals surface area contributed by atoms with Gasteiger partial charge in [-0.1, -0.05) is 0 Å². The summed E-state index contributed by atoms with van der Waals surface area (Å²) < 4.78 is 18.1. The highest BCUT2D eigenvalue weighted by molar-refractivity contribution is 5.89. The number of carboxylic acid groups (broad SMARTS) is 1. The van der Waals surface area contributed by atoms with Crippen molar-refractivity contribution in [3.63, 3.8) is 0 Å². The van der Waals surface area contributed by atoms with Gasteiger partial charge in [-0.3, -0.25) is 0 Å². The summed E-state index contributed by atoms with van der Waals surface area (Å²) in [5.74, 6) is -1.40. The number of carbonyl (C=O) groups is 2. The SMILES string of the molecule is Cc1cc(NC(=O)NCc2ccc(C(=O)O)o2)ccc1F. The molecular weight excluding hydrogens is 279 g/mol. The Bertz CT molecular complexity index is 681. The Kier molecular flexibility index (Phi) is 4.22. The number of carbonyl (C=O) groups excluding carboxylic acids is 1. The predicted molar refractivity (Wildman–Crippen MR) is 72.7 cm³/mol. The number of hydrogen-bond acceptors (Lipinski definition) is 3. The van der Waals surface area contributed by atoms with Crippen LogP contribution in [0.15, 0.2) is 34.7 Å². The molecule has 21 heavy (non-hydrogen) atoms. The van der Waals surface area contributed by atoms with Crippen LogP contribution in [0.25, 0.3) is 0 Å². The third-order valence-electron chi connectivity index (χ3n) is 2.71. The predicted octanol–water partition coefficient (Wildman–Crippen LogP) is 2.75. The van der Waals surface area contributed by atoms with E-state index in [1.807, 2.05) is 0 Å². The molecule has 0 saturated carbocycles. The molecule has 1 aromatic heterocycles. The zero-order valence-electron chi connectivity index (χ0n) is 11.1. The first-order chi connectivity index (χ1) is 9.95. The minimum absolute atomic E-state index is 0.0410. The monoisotopic (exact) mass is 292 g/mol. The molecule has 0 aliphatic carbocycles. The Morgan fingerprint density at radius 3 is 2.67 bits per heavy atom. The first kappa shape index (κ1) is 14.6. The van der Waals surface area contributed by atoms with Crippen molar-refractivity contribution in [1.82, 2.24) is 5.32 Å². The summed E-state index contributed by atoms with van der Waals surface area (Å²) in [6.07, 6.45) is 0. The number of urea groups is 1. The molecule has 2 amide bonds. The van der Waals surface area contributed by atoms with Crippen LogP contribution in [0.4, 0.5) is 14.9 Å². The second-order valence-electron chi connectivity index (χ2n) is 4.34. The summed E-state index contributed by atoms with van der Waals surface area (Å²) in [5, 5.41) is 13.7. The van der Waals surface area contributed by atoms with Gasteiger partial charge in [0.25, 0.3) is 0 Å². The van der Waals surface area contributed by atoms with Crippen LogP contribution in [0.3, 0.4) is 0 Å². The van der Waals surface area contributed by atoms with Crippen LogP contribution in [-0.4, -0.2) is 17.1 Å². The van der Waals surface area contributed by atoms with Gasteiger partial charge >= 0.3 is 12.0 Å². The molecule has 0 aliphatic heterocycles. The second kappa shape index (κ2) is 6.08. The quantitative estimate of drug-likeness (QED) is 0.808. The maximum atomic E-state index is 13.1. The van der Waals surface area contributed by atoms with E-state index in [4.69, 9.17) is 9.52 Å². The zero-order valence-corrected chi connectivity index (χ0v) is 11.1. The molecule has 6 nitrogen and oxygen atoms in total. The molecule has 0 aliphatic rings. The summed E-state index contributed by atoms with van der Waals surface area (Å²) in [4.78, 5) is 22.3. The lowest BCUT2D eigenvalue weighted by molar-refractivity contribution is 0.0660. The fourth-order valence-corrected chi connectivity index (χ4v) is 1.65. The van der Waals surface area contributed by atoms with E-state index < -0.39 is 12.0 Å². The van der Waals surface area contributed by atoms with Crippen LogP contribution in [0.2, 0.25) is 0 Å². The third-order valence-corrected chi connectivity index (χ3v) is 2.71. The molecule has 0 fully saturated rings. The van der Waals surface area contributed by atoms with Crippen LogP contribution in [0.5, 0.6) is 0 Å². The number of amides is 2. The smallest absolute Gasteiger partial charge is 0.371 e. The second-order valence-corrected chi connectivity index (χ2v) is 4.34. The molecule has 0 saturated heterocycles. The molecule has 0 unspecified atom stereocenters. The van der Waals surface area contributed by atoms with E-state index in [1.165, 1.54) is 30.3 Å². The van der Waals surface area contributed by atoms with Crippen molar-refractivity contribution in [2.24, 2.45) is 0 Å². The third kappa shape index (κ3) is 3.82. The van der Waals surface area contributed by atoms with Gasteiger partial charge < -0.3 is 20.2 Å². The average molecular weight is 292 g/mol. The Morgan fingerprint density at radius 2 is 2.05 bits per heavy atom. The summed E-state index contributed by atoms with van der Waals surface area (Å²) >= 11 is 0. The summed E-state index contributed by atoms with van der Waals surface area (Å²) in [5.41, 5.74) is 0.877. The topological polar surface area (TPSA) is 91.6 Å². The van der Waals surface area contributed by atoms with Crippen molar-refractivity contribution < 1.29 is 23.5 Å². The lowest BCUT2D eigenvalue weighted by Gasteiger charge is -2.07. The van der Waals surface area contributed by atoms with Gasteiger partial charge in [-0.2, -0.15) is 0 Å². The van der Waals surface area contributed by atoms with Crippen LogP contribution >= 0.6 is 0 Å². The van der Waals surface area contributed by atoms with Crippen LogP contribution in [-0.2, 0) is 6.54 Å². The number of aromatic carboxylic acids is 1. The summed E-state index contributed by atoms with van der Waals surface area (Å²) in [6, 6.07) is 6.47. The highest BCUT2D eigenvalue weighted by Gasteiger charge is 2.10. The van der Waals surface area contributed by atoms with Gasteiger partial charge in [0.2, 0.25) is 5.76 Å². The number of rotatable bonds is 4. The van der Waals surface area contributed by atoms with Gasteiger partial charge in [-0.15, -0.1) is 0 Å². The molecule has 0 spiro atoms. The first-order valence-corrected chi connectivity index (χ1v) is 6.08. The highest BCUT2D eigenvalue weighted by atomic mass is 19.1. The van der Waals surface area contributed by atoms with Crippen molar-refractivity contribution >= 4 is 17.7 Å². The summed E-state index contributed by atoms with van der Waals surface area (Å²) in [6.45, 7) is 1.63. The fraction of sp³-hybridized carbons (Fsp3) is 0.143. The minimum atomic E-state index is -1.17. The van der Waals surface area contributed by atoms with Crippen molar-refractivity contribution in [2.75, 3.05) is 5.32 Å². The van der Waals surface area contributed by atoms with Gasteiger partial charge in [-0.05, 0) is 42.8 Å². The van der Waals surface area contributed by atoms with Crippen molar-refractivity contribution in [3.05, 3.63) is 53.2 Å². The van der Waals surface area contributed by atoms with Gasteiger partial charge in [0, 0.05) is 5.69 Å². The van der Waals surface area contributed by atoms with E-state index in [9.17, 15) is 14.0 Å². The van der Waals surface area contributed by atoms with Crippen molar-refractivity contribution in [1.29, 1.82) is 0 Å². The van der Waals surface area contributed by atoms with E-state index in [0.29, 0.717) is 17.0 Å². The molecule has 2 rings (SSSR count). The zero-order chi connectivity index (χ0) is 15.4. The van der Waals surface area contributed by atoms with Gasteiger partial charge in [0.05, 0.1) is 6.54 Å². The number of halogens is 1. The molecule has 0 bridgehead atoms. The number of nitrogens with one attached hydrogen (secondary N) is 2. The Balaban J connectivity index is 1.89. The number of hydrogen-bond donors (Lipinski definition) is 3. The number of aryl methyl sites for hydroxylation is 1. The number of anilines is 1. The normalized spacial score (nSPS) is 10.2. The molecule has 110 valence electrons.